The summed E-state index contributed by atoms with van der Waals surface area (Å²) in [5.41, 5.74) is -0.427. The molecule has 1 saturated heterocycles. The number of carbonyl (C=O) groups excluding carboxylic acids is 1. The molecule has 0 bridgehead atoms. The molecule has 1 heterocycles. The van der Waals surface area contributed by atoms with Gasteiger partial charge in [-0.2, -0.15) is 0 Å². The Labute approximate surface area is 72.2 Å². The maximum atomic E-state index is 10.7. The van der Waals surface area contributed by atoms with Gasteiger partial charge < -0.3 is 9.47 Å². The van der Waals surface area contributed by atoms with Crippen LogP contribution in [0, 0.1) is 0 Å². The van der Waals surface area contributed by atoms with Gasteiger partial charge in [-0.25, -0.2) is 0 Å². The van der Waals surface area contributed by atoms with Gasteiger partial charge in [-0.3, -0.25) is 10.1 Å². The minimum Gasteiger partial charge on any atom is -0.444 e. The number of hydrogen-bond acceptors (Lipinski definition) is 4. The normalized spacial score (nSPS) is 28.1. The highest BCUT2D eigenvalue weighted by Gasteiger charge is 2.35. The molecule has 0 spiro atoms. The first kappa shape index (κ1) is 9.48. The predicted molar refractivity (Wildman–Crippen MR) is 43.6 cm³/mol. The molecule has 1 atom stereocenters. The Morgan fingerprint density at radius 3 is 2.83 bits per heavy atom. The van der Waals surface area contributed by atoms with Crippen molar-refractivity contribution in [3.8, 4) is 0 Å². The van der Waals surface area contributed by atoms with E-state index in [2.05, 4.69) is 5.32 Å². The summed E-state index contributed by atoms with van der Waals surface area (Å²) in [6.45, 7) is 6.57. The molecule has 1 aliphatic rings. The maximum Gasteiger partial charge on any atom is 0.304 e. The van der Waals surface area contributed by atoms with E-state index in [9.17, 15) is 4.79 Å². The molecule has 1 N–H and O–H groups in total. The molecule has 1 unspecified atom stereocenters. The molecule has 0 saturated carbocycles. The van der Waals surface area contributed by atoms with Gasteiger partial charge in [0.15, 0.2) is 6.23 Å². The Morgan fingerprint density at radius 1 is 1.67 bits per heavy atom. The molecule has 70 valence electrons. The molecule has 1 rings (SSSR count). The minimum absolute atomic E-state index is 0.286. The molecule has 4 nitrogen and oxygen atoms in total. The van der Waals surface area contributed by atoms with E-state index in [1.54, 1.807) is 0 Å². The number of carbonyl (C=O) groups is 1. The van der Waals surface area contributed by atoms with Crippen molar-refractivity contribution in [2.45, 2.75) is 32.6 Å². The summed E-state index contributed by atoms with van der Waals surface area (Å²) >= 11 is 0. The van der Waals surface area contributed by atoms with Gasteiger partial charge >= 0.3 is 5.97 Å². The Kier molecular flexibility index (Phi) is 2.69. The van der Waals surface area contributed by atoms with Gasteiger partial charge in [0.25, 0.3) is 0 Å². The van der Waals surface area contributed by atoms with Crippen molar-refractivity contribution in [3.05, 3.63) is 0 Å². The van der Waals surface area contributed by atoms with Crippen LogP contribution in [0.4, 0.5) is 0 Å². The van der Waals surface area contributed by atoms with Gasteiger partial charge in [-0.15, -0.1) is 0 Å². The first-order chi connectivity index (χ1) is 5.52. The Bertz CT molecular complexity index is 179. The zero-order valence-electron chi connectivity index (χ0n) is 7.72. The number of morpholine rings is 1. The van der Waals surface area contributed by atoms with E-state index in [1.165, 1.54) is 6.92 Å². The van der Waals surface area contributed by atoms with Gasteiger partial charge in [-0.1, -0.05) is 0 Å². The standard InChI is InChI=1S/C8H15NO3/c1-6(10)12-7-8(2,3)11-5-4-9-7/h7,9H,4-5H2,1-3H3. The van der Waals surface area contributed by atoms with Crippen LogP contribution in [0.1, 0.15) is 20.8 Å². The number of ether oxygens (including phenoxy) is 2. The van der Waals surface area contributed by atoms with Gasteiger partial charge in [-0.05, 0) is 13.8 Å². The van der Waals surface area contributed by atoms with Crippen LogP contribution in [0.2, 0.25) is 0 Å². The van der Waals surface area contributed by atoms with E-state index < -0.39 is 5.60 Å². The van der Waals surface area contributed by atoms with E-state index in [4.69, 9.17) is 9.47 Å². The first-order valence-corrected chi connectivity index (χ1v) is 4.07. The van der Waals surface area contributed by atoms with E-state index in [0.29, 0.717) is 6.61 Å². The number of hydrogen-bond donors (Lipinski definition) is 1. The molecule has 1 fully saturated rings. The molecule has 0 radical (unpaired) electrons. The van der Waals surface area contributed by atoms with E-state index >= 15 is 0 Å². The van der Waals surface area contributed by atoms with Crippen molar-refractivity contribution < 1.29 is 14.3 Å². The molecule has 0 aromatic heterocycles. The minimum atomic E-state index is -0.427. The number of rotatable bonds is 1. The fraction of sp³-hybridized carbons (Fsp3) is 0.875. The average Bonchev–Trinajstić information content (AvgIpc) is 1.92. The molecule has 0 amide bonds. The molecule has 4 heteroatoms. The Morgan fingerprint density at radius 2 is 2.33 bits per heavy atom. The quantitative estimate of drug-likeness (QED) is 0.578. The van der Waals surface area contributed by atoms with Crippen molar-refractivity contribution in [2.75, 3.05) is 13.2 Å². The number of nitrogens with one attached hydrogen (secondary N) is 1. The second-order valence-electron chi connectivity index (χ2n) is 3.40. The summed E-state index contributed by atoms with van der Waals surface area (Å²) in [6, 6.07) is 0. The summed E-state index contributed by atoms with van der Waals surface area (Å²) < 4.78 is 10.5. The van der Waals surface area contributed by atoms with Crippen LogP contribution in [0.3, 0.4) is 0 Å². The van der Waals surface area contributed by atoms with E-state index in [0.717, 1.165) is 6.54 Å². The number of esters is 1. The van der Waals surface area contributed by atoms with E-state index in [-0.39, 0.29) is 12.2 Å². The monoisotopic (exact) mass is 173 g/mol. The van der Waals surface area contributed by atoms with Crippen LogP contribution in [0.5, 0.6) is 0 Å². The summed E-state index contributed by atoms with van der Waals surface area (Å²) in [7, 11) is 0. The van der Waals surface area contributed by atoms with Crippen LogP contribution < -0.4 is 5.32 Å². The molecular weight excluding hydrogens is 158 g/mol. The Balaban J connectivity index is 2.54. The smallest absolute Gasteiger partial charge is 0.304 e. The molecule has 1 aliphatic heterocycles. The second-order valence-corrected chi connectivity index (χ2v) is 3.40. The lowest BCUT2D eigenvalue weighted by Crippen LogP contribution is -2.56. The highest BCUT2D eigenvalue weighted by molar-refractivity contribution is 5.66. The largest absolute Gasteiger partial charge is 0.444 e. The van der Waals surface area contributed by atoms with Gasteiger partial charge in [0.2, 0.25) is 0 Å². The summed E-state index contributed by atoms with van der Waals surface area (Å²) in [5, 5.41) is 3.07. The van der Waals surface area contributed by atoms with Crippen molar-refractivity contribution in [2.24, 2.45) is 0 Å². The van der Waals surface area contributed by atoms with Gasteiger partial charge in [0.1, 0.15) is 5.60 Å². The van der Waals surface area contributed by atoms with Crippen molar-refractivity contribution >= 4 is 5.97 Å². The maximum absolute atomic E-state index is 10.7. The Hall–Kier alpha value is -0.610. The highest BCUT2D eigenvalue weighted by atomic mass is 16.6. The SMILES string of the molecule is CC(=O)OC1NCCOC1(C)C. The molecule has 0 aliphatic carbocycles. The predicted octanol–water partition coefficient (Wildman–Crippen LogP) is 0.274. The third-order valence-electron chi connectivity index (χ3n) is 1.82. The van der Waals surface area contributed by atoms with Gasteiger partial charge in [0.05, 0.1) is 6.61 Å². The van der Waals surface area contributed by atoms with Crippen molar-refractivity contribution in [1.82, 2.24) is 5.32 Å². The average molecular weight is 173 g/mol. The van der Waals surface area contributed by atoms with Crippen molar-refractivity contribution in [1.29, 1.82) is 0 Å². The molecule has 0 aromatic rings. The molecular formula is C8H15NO3. The lowest BCUT2D eigenvalue weighted by molar-refractivity contribution is -0.182. The molecule has 0 aromatic carbocycles. The third-order valence-corrected chi connectivity index (χ3v) is 1.82. The van der Waals surface area contributed by atoms with Crippen LogP contribution in [0.25, 0.3) is 0 Å². The fourth-order valence-electron chi connectivity index (χ4n) is 1.18. The van der Waals surface area contributed by atoms with Crippen molar-refractivity contribution in [3.63, 3.8) is 0 Å². The van der Waals surface area contributed by atoms with Crippen LogP contribution in [-0.4, -0.2) is 30.9 Å². The van der Waals surface area contributed by atoms with E-state index in [1.807, 2.05) is 13.8 Å². The summed E-state index contributed by atoms with van der Waals surface area (Å²) in [5.74, 6) is -0.286. The van der Waals surface area contributed by atoms with Crippen LogP contribution in [-0.2, 0) is 14.3 Å². The summed E-state index contributed by atoms with van der Waals surface area (Å²) in [6.07, 6.45) is -0.330. The lowest BCUT2D eigenvalue weighted by atomic mass is 10.1. The van der Waals surface area contributed by atoms with Crippen LogP contribution in [0.15, 0.2) is 0 Å². The zero-order chi connectivity index (χ0) is 9.19. The van der Waals surface area contributed by atoms with Crippen LogP contribution >= 0.6 is 0 Å². The summed E-state index contributed by atoms with van der Waals surface area (Å²) in [4.78, 5) is 10.7. The fourth-order valence-corrected chi connectivity index (χ4v) is 1.18. The first-order valence-electron chi connectivity index (χ1n) is 4.07. The highest BCUT2D eigenvalue weighted by Crippen LogP contribution is 2.18. The second kappa shape index (κ2) is 3.41. The zero-order valence-corrected chi connectivity index (χ0v) is 7.72. The molecule has 12 heavy (non-hydrogen) atoms. The lowest BCUT2D eigenvalue weighted by Gasteiger charge is -2.38. The van der Waals surface area contributed by atoms with Gasteiger partial charge in [0, 0.05) is 13.5 Å². The third kappa shape index (κ3) is 2.19. The topological polar surface area (TPSA) is 47.6 Å².